The third kappa shape index (κ3) is 3.98. The normalized spacial score (nSPS) is 10.8. The van der Waals surface area contributed by atoms with Crippen LogP contribution >= 0.6 is 23.4 Å². The Morgan fingerprint density at radius 3 is 2.54 bits per heavy atom. The molecular formula is C16H12ClFN4OS. The molecule has 0 fully saturated rings. The first kappa shape index (κ1) is 16.6. The number of tetrazole rings is 1. The Bertz CT molecular complexity index is 836. The van der Waals surface area contributed by atoms with Crippen LogP contribution in [-0.4, -0.2) is 31.7 Å². The highest BCUT2D eigenvalue weighted by Gasteiger charge is 2.11. The zero-order valence-corrected chi connectivity index (χ0v) is 14.0. The van der Waals surface area contributed by atoms with Gasteiger partial charge in [0, 0.05) is 22.8 Å². The largest absolute Gasteiger partial charge is 0.294 e. The first-order chi connectivity index (χ1) is 11.6. The number of ketones is 1. The van der Waals surface area contributed by atoms with Crippen molar-refractivity contribution in [3.05, 3.63) is 64.9 Å². The predicted octanol–water partition coefficient (Wildman–Crippen LogP) is 3.82. The van der Waals surface area contributed by atoms with Gasteiger partial charge in [0.15, 0.2) is 5.78 Å². The molecule has 3 rings (SSSR count). The van der Waals surface area contributed by atoms with Crippen LogP contribution in [0.5, 0.6) is 0 Å². The van der Waals surface area contributed by atoms with Gasteiger partial charge in [-0.25, -0.2) is 4.39 Å². The Kier molecular flexibility index (Phi) is 5.22. The van der Waals surface area contributed by atoms with Crippen molar-refractivity contribution in [1.29, 1.82) is 0 Å². The van der Waals surface area contributed by atoms with E-state index < -0.39 is 0 Å². The fourth-order valence-electron chi connectivity index (χ4n) is 2.03. The lowest BCUT2D eigenvalue weighted by atomic mass is 10.1. The molecule has 24 heavy (non-hydrogen) atoms. The predicted molar refractivity (Wildman–Crippen MR) is 90.2 cm³/mol. The maximum Gasteiger partial charge on any atom is 0.214 e. The monoisotopic (exact) mass is 362 g/mol. The summed E-state index contributed by atoms with van der Waals surface area (Å²) in [5.41, 5.74) is 1.28. The van der Waals surface area contributed by atoms with Crippen molar-refractivity contribution in [2.75, 3.05) is 5.75 Å². The van der Waals surface area contributed by atoms with E-state index in [2.05, 4.69) is 15.5 Å². The molecule has 1 aromatic heterocycles. The maximum absolute atomic E-state index is 12.9. The second-order valence-electron chi connectivity index (χ2n) is 4.88. The van der Waals surface area contributed by atoms with E-state index in [0.29, 0.717) is 27.9 Å². The standard InChI is InChI=1S/C16H12ClFN4OS/c17-12-3-7-14(8-4-12)22-16(19-20-21-22)24-10-9-15(23)11-1-5-13(18)6-2-11/h1-8H,9-10H2. The molecule has 2 aromatic carbocycles. The molecule has 0 amide bonds. The fraction of sp³-hybridized carbons (Fsp3) is 0.125. The summed E-state index contributed by atoms with van der Waals surface area (Å²) < 4.78 is 14.5. The maximum atomic E-state index is 12.9. The van der Waals surface area contributed by atoms with Gasteiger partial charge in [-0.1, -0.05) is 23.4 Å². The van der Waals surface area contributed by atoms with E-state index in [0.717, 1.165) is 5.69 Å². The number of hydrogen-bond acceptors (Lipinski definition) is 5. The minimum Gasteiger partial charge on any atom is -0.294 e. The molecule has 0 spiro atoms. The first-order valence-corrected chi connectivity index (χ1v) is 8.46. The van der Waals surface area contributed by atoms with E-state index in [1.54, 1.807) is 16.8 Å². The first-order valence-electron chi connectivity index (χ1n) is 7.09. The van der Waals surface area contributed by atoms with E-state index in [1.165, 1.54) is 36.0 Å². The van der Waals surface area contributed by atoms with Crippen LogP contribution in [0, 0.1) is 5.82 Å². The number of hydrogen-bond donors (Lipinski definition) is 0. The summed E-state index contributed by atoms with van der Waals surface area (Å²) in [5, 5.41) is 12.8. The minimum absolute atomic E-state index is 0.0481. The molecule has 0 bridgehead atoms. The molecule has 3 aromatic rings. The van der Waals surface area contributed by atoms with Crippen LogP contribution in [0.15, 0.2) is 53.7 Å². The number of thioether (sulfide) groups is 1. The van der Waals surface area contributed by atoms with E-state index >= 15 is 0 Å². The molecular weight excluding hydrogens is 351 g/mol. The topological polar surface area (TPSA) is 60.7 Å². The summed E-state index contributed by atoms with van der Waals surface area (Å²) in [5.74, 6) is 0.112. The average molecular weight is 363 g/mol. The molecule has 0 unspecified atom stereocenters. The second kappa shape index (κ2) is 7.55. The number of Topliss-reactive ketones (excluding diaryl/α,β-unsaturated/α-hetero) is 1. The number of halogens is 2. The Hall–Kier alpha value is -2.25. The Balaban J connectivity index is 1.61. The molecule has 0 aliphatic rings. The van der Waals surface area contributed by atoms with Crippen molar-refractivity contribution < 1.29 is 9.18 Å². The van der Waals surface area contributed by atoms with E-state index in [4.69, 9.17) is 11.6 Å². The number of nitrogens with zero attached hydrogens (tertiary/aromatic N) is 4. The minimum atomic E-state index is -0.358. The summed E-state index contributed by atoms with van der Waals surface area (Å²) in [6.45, 7) is 0. The molecule has 5 nitrogen and oxygen atoms in total. The SMILES string of the molecule is O=C(CCSc1nnnn1-c1ccc(Cl)cc1)c1ccc(F)cc1. The van der Waals surface area contributed by atoms with Crippen molar-refractivity contribution in [2.45, 2.75) is 11.6 Å². The van der Waals surface area contributed by atoms with Crippen molar-refractivity contribution >= 4 is 29.1 Å². The zero-order valence-electron chi connectivity index (χ0n) is 12.4. The molecule has 1 heterocycles. The molecule has 0 N–H and O–H groups in total. The summed E-state index contributed by atoms with van der Waals surface area (Å²) in [6, 6.07) is 12.7. The van der Waals surface area contributed by atoms with Gasteiger partial charge >= 0.3 is 0 Å². The lowest BCUT2D eigenvalue weighted by molar-refractivity contribution is 0.0989. The number of aromatic nitrogens is 4. The molecule has 0 saturated heterocycles. The van der Waals surface area contributed by atoms with Gasteiger partial charge in [0.2, 0.25) is 5.16 Å². The van der Waals surface area contributed by atoms with Crippen LogP contribution < -0.4 is 0 Å². The van der Waals surface area contributed by atoms with Crippen LogP contribution in [0.2, 0.25) is 5.02 Å². The van der Waals surface area contributed by atoms with Crippen LogP contribution in [0.4, 0.5) is 4.39 Å². The molecule has 0 aliphatic carbocycles. The van der Waals surface area contributed by atoms with Gasteiger partial charge in [0.25, 0.3) is 0 Å². The van der Waals surface area contributed by atoms with Crippen molar-refractivity contribution in [2.24, 2.45) is 0 Å². The number of rotatable bonds is 6. The van der Waals surface area contributed by atoms with E-state index in [9.17, 15) is 9.18 Å². The van der Waals surface area contributed by atoms with E-state index in [-0.39, 0.29) is 11.6 Å². The summed E-state index contributed by atoms with van der Waals surface area (Å²) in [4.78, 5) is 12.1. The van der Waals surface area contributed by atoms with Gasteiger partial charge in [0.1, 0.15) is 5.82 Å². The van der Waals surface area contributed by atoms with Crippen LogP contribution in [0.25, 0.3) is 5.69 Å². The smallest absolute Gasteiger partial charge is 0.214 e. The Labute approximate surface area is 146 Å². The highest BCUT2D eigenvalue weighted by atomic mass is 35.5. The quantitative estimate of drug-likeness (QED) is 0.492. The lowest BCUT2D eigenvalue weighted by Gasteiger charge is -2.04. The number of benzene rings is 2. The summed E-state index contributed by atoms with van der Waals surface area (Å²) in [6.07, 6.45) is 0.309. The van der Waals surface area contributed by atoms with Gasteiger partial charge < -0.3 is 0 Å². The summed E-state index contributed by atoms with van der Waals surface area (Å²) >= 11 is 7.25. The van der Waals surface area contributed by atoms with Crippen molar-refractivity contribution in [3.63, 3.8) is 0 Å². The van der Waals surface area contributed by atoms with E-state index in [1.807, 2.05) is 12.1 Å². The highest BCUT2D eigenvalue weighted by molar-refractivity contribution is 7.99. The Morgan fingerprint density at radius 1 is 1.12 bits per heavy atom. The molecule has 0 aliphatic heterocycles. The van der Waals surface area contributed by atoms with Gasteiger partial charge in [-0.3, -0.25) is 4.79 Å². The molecule has 8 heteroatoms. The molecule has 122 valence electrons. The lowest BCUT2D eigenvalue weighted by Crippen LogP contribution is -2.02. The molecule has 0 radical (unpaired) electrons. The van der Waals surface area contributed by atoms with Gasteiger partial charge in [-0.05, 0) is 59.0 Å². The zero-order chi connectivity index (χ0) is 16.9. The third-order valence-corrected chi connectivity index (χ3v) is 4.41. The molecule has 0 atom stereocenters. The van der Waals surface area contributed by atoms with Crippen LogP contribution in [-0.2, 0) is 0 Å². The van der Waals surface area contributed by atoms with Gasteiger partial charge in [-0.15, -0.1) is 5.10 Å². The highest BCUT2D eigenvalue weighted by Crippen LogP contribution is 2.21. The average Bonchev–Trinajstić information content (AvgIpc) is 3.04. The fourth-order valence-corrected chi connectivity index (χ4v) is 2.98. The van der Waals surface area contributed by atoms with Gasteiger partial charge in [0.05, 0.1) is 5.69 Å². The second-order valence-corrected chi connectivity index (χ2v) is 6.38. The van der Waals surface area contributed by atoms with Crippen LogP contribution in [0.3, 0.4) is 0 Å². The third-order valence-electron chi connectivity index (χ3n) is 3.24. The van der Waals surface area contributed by atoms with Crippen LogP contribution in [0.1, 0.15) is 16.8 Å². The van der Waals surface area contributed by atoms with Crippen molar-refractivity contribution in [3.8, 4) is 5.69 Å². The number of carbonyl (C=O) groups excluding carboxylic acids is 1. The van der Waals surface area contributed by atoms with Crippen molar-refractivity contribution in [1.82, 2.24) is 20.2 Å². The number of carbonyl (C=O) groups is 1. The molecule has 0 saturated carbocycles. The Morgan fingerprint density at radius 2 is 1.83 bits per heavy atom. The van der Waals surface area contributed by atoms with Gasteiger partial charge in [-0.2, -0.15) is 4.68 Å². The summed E-state index contributed by atoms with van der Waals surface area (Å²) in [7, 11) is 0.